The van der Waals surface area contributed by atoms with E-state index in [1.807, 2.05) is 18.2 Å². The molecule has 2 unspecified atom stereocenters. The van der Waals surface area contributed by atoms with Crippen LogP contribution in [0.3, 0.4) is 0 Å². The van der Waals surface area contributed by atoms with E-state index in [4.69, 9.17) is 14.2 Å². The van der Waals surface area contributed by atoms with Gasteiger partial charge in [-0.3, -0.25) is 0 Å². The first kappa shape index (κ1) is 18.1. The highest BCUT2D eigenvalue weighted by molar-refractivity contribution is 5.89. The molecule has 0 aliphatic heterocycles. The second kappa shape index (κ2) is 8.13. The predicted molar refractivity (Wildman–Crippen MR) is 98.1 cm³/mol. The molecule has 0 heterocycles. The molecule has 0 amide bonds. The van der Waals surface area contributed by atoms with Crippen LogP contribution in [0.1, 0.15) is 47.5 Å². The number of esters is 1. The molecule has 1 N–H and O–H groups in total. The van der Waals surface area contributed by atoms with Crippen LogP contribution in [-0.2, 0) is 4.74 Å². The Bertz CT molecular complexity index is 756. The minimum atomic E-state index is -0.320. The fourth-order valence-corrected chi connectivity index (χ4v) is 3.57. The number of aromatic hydroxyl groups is 1. The maximum absolute atomic E-state index is 12.5. The van der Waals surface area contributed by atoms with Crippen molar-refractivity contribution in [3.05, 3.63) is 53.6 Å². The first-order chi connectivity index (χ1) is 12.6. The Morgan fingerprint density at radius 1 is 1.00 bits per heavy atom. The van der Waals surface area contributed by atoms with Crippen molar-refractivity contribution in [2.45, 2.75) is 37.7 Å². The summed E-state index contributed by atoms with van der Waals surface area (Å²) >= 11 is 0. The fraction of sp³-hybridized carbons (Fsp3) is 0.381. The molecule has 1 saturated carbocycles. The predicted octanol–water partition coefficient (Wildman–Crippen LogP) is 4.29. The van der Waals surface area contributed by atoms with Gasteiger partial charge in [0.05, 0.1) is 19.8 Å². The van der Waals surface area contributed by atoms with Gasteiger partial charge in [0.15, 0.2) is 11.5 Å². The zero-order valence-electron chi connectivity index (χ0n) is 15.1. The molecule has 0 spiro atoms. The highest BCUT2D eigenvalue weighted by Crippen LogP contribution is 2.43. The lowest BCUT2D eigenvalue weighted by molar-refractivity contribution is 0.0139. The molecule has 0 saturated heterocycles. The summed E-state index contributed by atoms with van der Waals surface area (Å²) in [6, 6.07) is 12.3. The maximum Gasteiger partial charge on any atom is 0.338 e. The minimum absolute atomic E-state index is 0.0248. The first-order valence-corrected chi connectivity index (χ1v) is 8.85. The maximum atomic E-state index is 12.5. The van der Waals surface area contributed by atoms with Crippen molar-refractivity contribution < 1.29 is 24.1 Å². The molecule has 5 nitrogen and oxygen atoms in total. The molecule has 3 rings (SSSR count). The van der Waals surface area contributed by atoms with Crippen molar-refractivity contribution in [2.24, 2.45) is 0 Å². The third-order valence-corrected chi connectivity index (χ3v) is 4.90. The summed E-state index contributed by atoms with van der Waals surface area (Å²) < 4.78 is 16.5. The molecule has 2 aromatic rings. The molecular formula is C21H24O5. The molecule has 1 aliphatic carbocycles. The highest BCUT2D eigenvalue weighted by atomic mass is 16.5. The zero-order chi connectivity index (χ0) is 18.5. The van der Waals surface area contributed by atoms with Gasteiger partial charge in [-0.05, 0) is 37.5 Å². The summed E-state index contributed by atoms with van der Waals surface area (Å²) in [6.07, 6.45) is 3.46. The van der Waals surface area contributed by atoms with E-state index in [1.165, 1.54) is 7.11 Å². The van der Waals surface area contributed by atoms with Crippen LogP contribution in [0.4, 0.5) is 0 Å². The topological polar surface area (TPSA) is 65.0 Å². The molecule has 26 heavy (non-hydrogen) atoms. The van der Waals surface area contributed by atoms with Crippen LogP contribution in [0.2, 0.25) is 0 Å². The second-order valence-corrected chi connectivity index (χ2v) is 6.47. The molecule has 138 valence electrons. The lowest BCUT2D eigenvalue weighted by atomic mass is 9.81. The van der Waals surface area contributed by atoms with Gasteiger partial charge < -0.3 is 19.3 Å². The number of hydrogen-bond acceptors (Lipinski definition) is 5. The van der Waals surface area contributed by atoms with E-state index in [9.17, 15) is 9.90 Å². The molecule has 0 radical (unpaired) electrons. The van der Waals surface area contributed by atoms with Gasteiger partial charge >= 0.3 is 5.97 Å². The monoisotopic (exact) mass is 356 g/mol. The fourth-order valence-electron chi connectivity index (χ4n) is 3.57. The molecule has 1 fully saturated rings. The van der Waals surface area contributed by atoms with Crippen molar-refractivity contribution >= 4 is 5.97 Å². The highest BCUT2D eigenvalue weighted by Gasteiger charge is 2.32. The third-order valence-electron chi connectivity index (χ3n) is 4.90. The number of rotatable bonds is 5. The van der Waals surface area contributed by atoms with Gasteiger partial charge in [-0.15, -0.1) is 0 Å². The summed E-state index contributed by atoms with van der Waals surface area (Å²) in [5, 5.41) is 10.2. The molecule has 2 atom stereocenters. The SMILES string of the molecule is COc1cc(OC)c(C2CCCCC2OC(=O)c2ccccc2)cc1O. The number of carbonyl (C=O) groups is 1. The Kier molecular flexibility index (Phi) is 5.66. The molecular weight excluding hydrogens is 332 g/mol. The van der Waals surface area contributed by atoms with E-state index in [2.05, 4.69) is 0 Å². The average molecular weight is 356 g/mol. The van der Waals surface area contributed by atoms with Crippen molar-refractivity contribution in [3.63, 3.8) is 0 Å². The van der Waals surface area contributed by atoms with Gasteiger partial charge in [-0.25, -0.2) is 4.79 Å². The largest absolute Gasteiger partial charge is 0.504 e. The number of ether oxygens (including phenoxy) is 3. The van der Waals surface area contributed by atoms with Crippen LogP contribution in [0.5, 0.6) is 17.2 Å². The quantitative estimate of drug-likeness (QED) is 0.810. The Labute approximate surface area is 153 Å². The number of hydrogen-bond donors (Lipinski definition) is 1. The average Bonchev–Trinajstić information content (AvgIpc) is 2.69. The van der Waals surface area contributed by atoms with Gasteiger partial charge in [0.1, 0.15) is 11.9 Å². The van der Waals surface area contributed by atoms with Crippen molar-refractivity contribution in [1.29, 1.82) is 0 Å². The van der Waals surface area contributed by atoms with E-state index in [1.54, 1.807) is 31.4 Å². The van der Waals surface area contributed by atoms with E-state index in [0.717, 1.165) is 31.2 Å². The van der Waals surface area contributed by atoms with Crippen LogP contribution < -0.4 is 9.47 Å². The molecule has 5 heteroatoms. The summed E-state index contributed by atoms with van der Waals surface area (Å²) in [7, 11) is 3.09. The Balaban J connectivity index is 1.87. The normalized spacial score (nSPS) is 19.6. The first-order valence-electron chi connectivity index (χ1n) is 8.85. The van der Waals surface area contributed by atoms with E-state index in [0.29, 0.717) is 17.1 Å². The van der Waals surface area contributed by atoms with Crippen LogP contribution in [0.15, 0.2) is 42.5 Å². The minimum Gasteiger partial charge on any atom is -0.504 e. The number of phenolic OH excluding ortho intramolecular Hbond substituents is 1. The van der Waals surface area contributed by atoms with Crippen molar-refractivity contribution in [3.8, 4) is 17.2 Å². The van der Waals surface area contributed by atoms with Gasteiger partial charge in [-0.2, -0.15) is 0 Å². The second-order valence-electron chi connectivity index (χ2n) is 6.47. The lowest BCUT2D eigenvalue weighted by Crippen LogP contribution is -2.29. The van der Waals surface area contributed by atoms with Gasteiger partial charge in [-0.1, -0.05) is 24.6 Å². The van der Waals surface area contributed by atoms with Crippen LogP contribution >= 0.6 is 0 Å². The summed E-state index contributed by atoms with van der Waals surface area (Å²) in [6.45, 7) is 0. The van der Waals surface area contributed by atoms with E-state index in [-0.39, 0.29) is 23.7 Å². The smallest absolute Gasteiger partial charge is 0.338 e. The number of benzene rings is 2. The van der Waals surface area contributed by atoms with Crippen LogP contribution in [0, 0.1) is 0 Å². The lowest BCUT2D eigenvalue weighted by Gasteiger charge is -2.32. The molecule has 2 aromatic carbocycles. The standard InChI is InChI=1S/C21H24O5/c1-24-19-13-20(25-2)17(22)12-16(19)15-10-6-7-11-18(15)26-21(23)14-8-4-3-5-9-14/h3-5,8-9,12-13,15,18,22H,6-7,10-11H2,1-2H3. The van der Waals surface area contributed by atoms with Crippen LogP contribution in [-0.4, -0.2) is 31.4 Å². The van der Waals surface area contributed by atoms with Crippen molar-refractivity contribution in [2.75, 3.05) is 14.2 Å². The molecule has 0 aromatic heterocycles. The summed E-state index contributed by atoms with van der Waals surface area (Å²) in [5.41, 5.74) is 1.39. The van der Waals surface area contributed by atoms with Gasteiger partial charge in [0.25, 0.3) is 0 Å². The van der Waals surface area contributed by atoms with Crippen LogP contribution in [0.25, 0.3) is 0 Å². The van der Waals surface area contributed by atoms with E-state index < -0.39 is 0 Å². The molecule has 0 bridgehead atoms. The number of methoxy groups -OCH3 is 2. The number of phenols is 1. The summed E-state index contributed by atoms with van der Waals surface area (Å²) in [4.78, 5) is 12.5. The van der Waals surface area contributed by atoms with Gasteiger partial charge in [0, 0.05) is 17.5 Å². The summed E-state index contributed by atoms with van der Waals surface area (Å²) in [5.74, 6) is 0.705. The van der Waals surface area contributed by atoms with E-state index >= 15 is 0 Å². The zero-order valence-corrected chi connectivity index (χ0v) is 15.1. The Hall–Kier alpha value is -2.69. The third kappa shape index (κ3) is 3.77. The Morgan fingerprint density at radius 2 is 1.69 bits per heavy atom. The van der Waals surface area contributed by atoms with Crippen molar-refractivity contribution in [1.82, 2.24) is 0 Å². The molecule has 1 aliphatic rings. The number of carbonyl (C=O) groups excluding carboxylic acids is 1. The van der Waals surface area contributed by atoms with Gasteiger partial charge in [0.2, 0.25) is 0 Å². The Morgan fingerprint density at radius 3 is 2.38 bits per heavy atom.